The minimum atomic E-state index is -0.972. The zero-order valence-corrected chi connectivity index (χ0v) is 16.1. The van der Waals surface area contributed by atoms with Crippen LogP contribution in [0, 0.1) is 5.41 Å². The van der Waals surface area contributed by atoms with Gasteiger partial charge < -0.3 is 14.9 Å². The fraction of sp³-hybridized carbons (Fsp3) is 0.667. The van der Waals surface area contributed by atoms with Crippen LogP contribution >= 0.6 is 0 Å². The third kappa shape index (κ3) is 1.87. The molecule has 0 bridgehead atoms. The van der Waals surface area contributed by atoms with Gasteiger partial charge in [-0.15, -0.1) is 0 Å². The number of carbonyl (C=O) groups is 1. The molecule has 3 fully saturated rings. The lowest BCUT2D eigenvalue weighted by atomic mass is 9.52. The number of amides is 1. The molecular formula is C21H28N2O4. The molecule has 5 rings (SSSR count). The Morgan fingerprint density at radius 2 is 2.11 bits per heavy atom. The fourth-order valence-corrected chi connectivity index (χ4v) is 7.26. The van der Waals surface area contributed by atoms with E-state index in [1.54, 1.807) is 6.07 Å². The summed E-state index contributed by atoms with van der Waals surface area (Å²) < 4.78 is 5.30. The molecule has 1 aromatic rings. The maximum Gasteiger partial charge on any atom is 0.412 e. The van der Waals surface area contributed by atoms with E-state index in [9.17, 15) is 15.0 Å². The monoisotopic (exact) mass is 372 g/mol. The molecule has 1 saturated carbocycles. The van der Waals surface area contributed by atoms with E-state index in [2.05, 4.69) is 11.8 Å². The first-order valence-electron chi connectivity index (χ1n) is 10.2. The molecule has 3 aliphatic heterocycles. The van der Waals surface area contributed by atoms with Gasteiger partial charge in [0.15, 0.2) is 11.5 Å². The normalized spacial score (nSPS) is 36.9. The maximum absolute atomic E-state index is 12.3. The third-order valence-corrected chi connectivity index (χ3v) is 8.17. The number of piperidine rings is 1. The molecule has 0 radical (unpaired) electrons. The number of aromatic hydroxyl groups is 1. The van der Waals surface area contributed by atoms with E-state index >= 15 is 0 Å². The largest absolute Gasteiger partial charge is 0.503 e. The Bertz CT molecular complexity index is 812. The Labute approximate surface area is 159 Å². The lowest BCUT2D eigenvalue weighted by molar-refractivity contribution is -0.0338. The number of ether oxygens (including phenoxy) is 1. The molecule has 6 nitrogen and oxygen atoms in total. The maximum atomic E-state index is 12.3. The number of methoxy groups -OCH3 is 1. The van der Waals surface area contributed by atoms with E-state index in [1.165, 1.54) is 24.9 Å². The van der Waals surface area contributed by atoms with E-state index in [1.807, 2.05) is 6.07 Å². The van der Waals surface area contributed by atoms with Crippen LogP contribution in [-0.4, -0.2) is 53.5 Å². The molecule has 27 heavy (non-hydrogen) atoms. The van der Waals surface area contributed by atoms with Crippen LogP contribution in [0.2, 0.25) is 0 Å². The molecule has 1 amide bonds. The van der Waals surface area contributed by atoms with Gasteiger partial charge in [-0.1, -0.05) is 13.0 Å². The third-order valence-electron chi connectivity index (χ3n) is 8.17. The van der Waals surface area contributed by atoms with Crippen LogP contribution in [0.25, 0.3) is 0 Å². The summed E-state index contributed by atoms with van der Waals surface area (Å²) in [6.45, 7) is 4.42. The van der Waals surface area contributed by atoms with Crippen LogP contribution in [0.5, 0.6) is 11.5 Å². The van der Waals surface area contributed by atoms with Crippen LogP contribution in [-0.2, 0) is 5.41 Å². The minimum absolute atomic E-state index is 0.0301. The average molecular weight is 372 g/mol. The molecule has 0 aromatic heterocycles. The quantitative estimate of drug-likeness (QED) is 0.830. The number of hydrogen-bond donors (Lipinski definition) is 2. The lowest BCUT2D eigenvalue weighted by Gasteiger charge is -2.58. The number of fused-ring (bicyclic) bond motifs is 1. The van der Waals surface area contributed by atoms with Crippen LogP contribution in [0.15, 0.2) is 12.1 Å². The summed E-state index contributed by atoms with van der Waals surface area (Å²) in [4.78, 5) is 16.4. The van der Waals surface area contributed by atoms with Crippen molar-refractivity contribution in [3.05, 3.63) is 17.7 Å². The van der Waals surface area contributed by atoms with Crippen molar-refractivity contribution in [2.45, 2.75) is 62.9 Å². The molecule has 2 saturated heterocycles. The Morgan fingerprint density at radius 3 is 2.81 bits per heavy atom. The van der Waals surface area contributed by atoms with Crippen molar-refractivity contribution in [2.24, 2.45) is 5.41 Å². The summed E-state index contributed by atoms with van der Waals surface area (Å²) in [6, 6.07) is 4.08. The van der Waals surface area contributed by atoms with Gasteiger partial charge in [-0.25, -0.2) is 4.79 Å². The van der Waals surface area contributed by atoms with Gasteiger partial charge in [0.1, 0.15) is 0 Å². The van der Waals surface area contributed by atoms with Gasteiger partial charge in [-0.3, -0.25) is 9.80 Å². The Kier molecular flexibility index (Phi) is 3.52. The topological polar surface area (TPSA) is 73.2 Å². The summed E-state index contributed by atoms with van der Waals surface area (Å²) >= 11 is 0. The summed E-state index contributed by atoms with van der Waals surface area (Å²) in [5, 5.41) is 21.0. The second kappa shape index (κ2) is 5.53. The van der Waals surface area contributed by atoms with E-state index in [0.29, 0.717) is 17.5 Å². The predicted octanol–water partition coefficient (Wildman–Crippen LogP) is 3.56. The summed E-state index contributed by atoms with van der Waals surface area (Å²) in [5.74, 6) is 0.313. The molecular weight excluding hydrogens is 344 g/mol. The van der Waals surface area contributed by atoms with Crippen molar-refractivity contribution >= 4 is 11.8 Å². The molecule has 4 unspecified atom stereocenters. The molecule has 2 N–H and O–H groups in total. The van der Waals surface area contributed by atoms with Crippen LogP contribution in [0.1, 0.15) is 51.0 Å². The van der Waals surface area contributed by atoms with Gasteiger partial charge in [0.25, 0.3) is 0 Å². The summed E-state index contributed by atoms with van der Waals surface area (Å²) in [7, 11) is 1.51. The molecule has 1 aromatic carbocycles. The highest BCUT2D eigenvalue weighted by Gasteiger charge is 2.69. The second-order valence-electron chi connectivity index (χ2n) is 8.77. The SMILES string of the molecule is CCC12CCCN3CCC4(c5ccc(OC)c(O)c5N(C(=O)O)C4CC1)C32. The number of carboxylic acid groups (broad SMARTS) is 1. The fourth-order valence-electron chi connectivity index (χ4n) is 7.26. The highest BCUT2D eigenvalue weighted by Crippen LogP contribution is 2.67. The highest BCUT2D eigenvalue weighted by atomic mass is 16.5. The van der Waals surface area contributed by atoms with Crippen molar-refractivity contribution in [1.82, 2.24) is 4.90 Å². The standard InChI is InChI=1S/C21H28N2O4/c1-3-20-8-4-11-22-12-10-21(18(20)22)13-5-6-14(27-2)17(24)16(13)23(19(25)26)15(21)7-9-20/h5-6,15,18,24H,3-4,7-12H2,1-2H3,(H,25,26). The number of anilines is 1. The first-order valence-corrected chi connectivity index (χ1v) is 10.2. The van der Waals surface area contributed by atoms with Gasteiger partial charge in [0.2, 0.25) is 0 Å². The molecule has 4 aliphatic rings. The molecule has 4 atom stereocenters. The van der Waals surface area contributed by atoms with Crippen LogP contribution in [0.4, 0.5) is 10.5 Å². The van der Waals surface area contributed by atoms with Crippen LogP contribution < -0.4 is 9.64 Å². The van der Waals surface area contributed by atoms with Crippen molar-refractivity contribution in [2.75, 3.05) is 25.1 Å². The van der Waals surface area contributed by atoms with Crippen molar-refractivity contribution in [1.29, 1.82) is 0 Å². The molecule has 1 aliphatic carbocycles. The van der Waals surface area contributed by atoms with Gasteiger partial charge in [-0.2, -0.15) is 0 Å². The van der Waals surface area contributed by atoms with E-state index < -0.39 is 6.09 Å². The van der Waals surface area contributed by atoms with Gasteiger partial charge in [0.05, 0.1) is 18.8 Å². The van der Waals surface area contributed by atoms with Crippen molar-refractivity contribution in [3.8, 4) is 11.5 Å². The molecule has 6 heteroatoms. The van der Waals surface area contributed by atoms with E-state index in [0.717, 1.165) is 44.3 Å². The Hall–Kier alpha value is -1.95. The van der Waals surface area contributed by atoms with Crippen molar-refractivity contribution < 1.29 is 19.7 Å². The Balaban J connectivity index is 1.77. The summed E-state index contributed by atoms with van der Waals surface area (Å²) in [5.41, 5.74) is 1.52. The molecule has 146 valence electrons. The zero-order chi connectivity index (χ0) is 19.0. The number of phenols is 1. The van der Waals surface area contributed by atoms with E-state index in [4.69, 9.17) is 4.74 Å². The number of nitrogens with zero attached hydrogens (tertiary/aromatic N) is 2. The van der Waals surface area contributed by atoms with Crippen molar-refractivity contribution in [3.63, 3.8) is 0 Å². The predicted molar refractivity (Wildman–Crippen MR) is 102 cm³/mol. The van der Waals surface area contributed by atoms with Gasteiger partial charge in [0, 0.05) is 11.5 Å². The number of rotatable bonds is 2. The van der Waals surface area contributed by atoms with Gasteiger partial charge >= 0.3 is 6.09 Å². The van der Waals surface area contributed by atoms with Gasteiger partial charge in [-0.05, 0) is 68.7 Å². The molecule has 3 heterocycles. The Morgan fingerprint density at radius 1 is 1.30 bits per heavy atom. The van der Waals surface area contributed by atoms with E-state index in [-0.39, 0.29) is 22.6 Å². The number of phenolic OH excluding ortho intramolecular Hbond substituents is 1. The average Bonchev–Trinajstić information content (AvgIpc) is 3.20. The number of benzene rings is 1. The highest BCUT2D eigenvalue weighted by molar-refractivity contribution is 5.95. The second-order valence-corrected chi connectivity index (χ2v) is 8.77. The number of hydrogen-bond acceptors (Lipinski definition) is 4. The lowest BCUT2D eigenvalue weighted by Crippen LogP contribution is -2.65. The van der Waals surface area contributed by atoms with Crippen LogP contribution in [0.3, 0.4) is 0 Å². The minimum Gasteiger partial charge on any atom is -0.503 e. The first kappa shape index (κ1) is 17.2. The zero-order valence-electron chi connectivity index (χ0n) is 16.1. The smallest absolute Gasteiger partial charge is 0.412 e. The molecule has 1 spiro atoms. The first-order chi connectivity index (χ1) is 13.0. The summed E-state index contributed by atoms with van der Waals surface area (Å²) in [6.07, 6.45) is 5.51.